The molecule has 0 atom stereocenters. The van der Waals surface area contributed by atoms with Crippen molar-refractivity contribution < 1.29 is 14.3 Å². The first-order chi connectivity index (χ1) is 11.6. The summed E-state index contributed by atoms with van der Waals surface area (Å²) in [4.78, 5) is 28.7. The molecule has 6 heteroatoms. The minimum atomic E-state index is -0.347. The van der Waals surface area contributed by atoms with Gasteiger partial charge in [0.25, 0.3) is 0 Å². The van der Waals surface area contributed by atoms with Crippen molar-refractivity contribution in [3.8, 4) is 0 Å². The van der Waals surface area contributed by atoms with E-state index in [-0.39, 0.29) is 11.9 Å². The minimum Gasteiger partial charge on any atom is -0.462 e. The number of unbranched alkanes of at least 4 members (excludes halogenated alkanes) is 1. The molecule has 0 N–H and O–H groups in total. The molecular weight excluding hydrogens is 324 g/mol. The van der Waals surface area contributed by atoms with Crippen molar-refractivity contribution in [2.45, 2.75) is 39.7 Å². The first-order valence-corrected chi connectivity index (χ1v) is 8.91. The number of carbonyl (C=O) groups is 2. The van der Waals surface area contributed by atoms with Gasteiger partial charge in [0.05, 0.1) is 22.4 Å². The van der Waals surface area contributed by atoms with E-state index >= 15 is 0 Å². The smallest absolute Gasteiger partial charge is 0.338 e. The lowest BCUT2D eigenvalue weighted by Gasteiger charge is -2.03. The average molecular weight is 346 g/mol. The van der Waals surface area contributed by atoms with Crippen LogP contribution in [0, 0.1) is 0 Å². The van der Waals surface area contributed by atoms with Crippen LogP contribution in [-0.2, 0) is 16.1 Å². The number of hydrogen-bond donors (Lipinski definition) is 0. The van der Waals surface area contributed by atoms with E-state index in [1.807, 2.05) is 17.6 Å². The molecule has 128 valence electrons. The maximum atomic E-state index is 12.0. The Morgan fingerprint density at radius 3 is 2.83 bits per heavy atom. The van der Waals surface area contributed by atoms with E-state index < -0.39 is 0 Å². The Bertz CT molecular complexity index is 817. The molecule has 0 radical (unpaired) electrons. The summed E-state index contributed by atoms with van der Waals surface area (Å²) in [5, 5.41) is 0. The summed E-state index contributed by atoms with van der Waals surface area (Å²) in [7, 11) is 0. The fourth-order valence-electron chi connectivity index (χ4n) is 2.30. The fraction of sp³-hybridized carbons (Fsp3) is 0.389. The van der Waals surface area contributed by atoms with E-state index in [2.05, 4.69) is 11.6 Å². The van der Waals surface area contributed by atoms with Crippen molar-refractivity contribution in [3.63, 3.8) is 0 Å². The standard InChI is InChI=1S/C18H22N2O3S/c1-4-7-8-16(21)19-18-20(11-5-2)14-10-9-13(12-15(14)24-18)17(22)23-6-3/h5,9-10,12H,2,4,6-8,11H2,1,3H3. The van der Waals surface area contributed by atoms with Gasteiger partial charge in [-0.2, -0.15) is 4.99 Å². The number of fused-ring (bicyclic) bond motifs is 1. The second-order valence-electron chi connectivity index (χ2n) is 5.30. The van der Waals surface area contributed by atoms with E-state index in [1.54, 1.807) is 25.1 Å². The number of aromatic nitrogens is 1. The van der Waals surface area contributed by atoms with Gasteiger partial charge in [-0.25, -0.2) is 4.79 Å². The predicted octanol–water partition coefficient (Wildman–Crippen LogP) is 3.68. The summed E-state index contributed by atoms with van der Waals surface area (Å²) in [5.74, 6) is -0.465. The maximum Gasteiger partial charge on any atom is 0.338 e. The molecule has 0 fully saturated rings. The van der Waals surface area contributed by atoms with Crippen LogP contribution in [0.3, 0.4) is 0 Å². The Hall–Kier alpha value is -2.21. The van der Waals surface area contributed by atoms with Crippen molar-refractivity contribution in [1.82, 2.24) is 4.57 Å². The third-order valence-electron chi connectivity index (χ3n) is 3.47. The van der Waals surface area contributed by atoms with E-state index in [0.717, 1.165) is 23.1 Å². The molecule has 1 aromatic heterocycles. The Morgan fingerprint density at radius 1 is 1.38 bits per heavy atom. The highest BCUT2D eigenvalue weighted by Gasteiger charge is 2.12. The predicted molar refractivity (Wildman–Crippen MR) is 96.1 cm³/mol. The Morgan fingerprint density at radius 2 is 2.17 bits per heavy atom. The van der Waals surface area contributed by atoms with Crippen LogP contribution in [0.5, 0.6) is 0 Å². The van der Waals surface area contributed by atoms with Crippen molar-refractivity contribution in [3.05, 3.63) is 41.2 Å². The molecule has 0 spiro atoms. The second kappa shape index (κ2) is 8.59. The van der Waals surface area contributed by atoms with Crippen LogP contribution in [0.15, 0.2) is 35.8 Å². The van der Waals surface area contributed by atoms with Gasteiger partial charge >= 0.3 is 5.97 Å². The highest BCUT2D eigenvalue weighted by atomic mass is 32.1. The average Bonchev–Trinajstić information content (AvgIpc) is 2.90. The maximum absolute atomic E-state index is 12.0. The molecule has 0 aliphatic rings. The molecule has 2 aromatic rings. The molecule has 0 bridgehead atoms. The lowest BCUT2D eigenvalue weighted by Crippen LogP contribution is -2.16. The normalized spacial score (nSPS) is 11.7. The molecule has 24 heavy (non-hydrogen) atoms. The SMILES string of the molecule is C=CCn1c(=NC(=O)CCCC)sc2cc(C(=O)OCC)ccc21. The third-order valence-corrected chi connectivity index (χ3v) is 4.51. The lowest BCUT2D eigenvalue weighted by molar-refractivity contribution is -0.118. The zero-order valence-electron chi connectivity index (χ0n) is 14.1. The van der Waals surface area contributed by atoms with E-state index in [0.29, 0.717) is 29.9 Å². The number of thiazole rings is 1. The lowest BCUT2D eigenvalue weighted by atomic mass is 10.2. The number of ether oxygens (including phenoxy) is 1. The van der Waals surface area contributed by atoms with Crippen LogP contribution >= 0.6 is 11.3 Å². The molecule has 2 rings (SSSR count). The third kappa shape index (κ3) is 4.20. The zero-order valence-corrected chi connectivity index (χ0v) is 14.9. The molecule has 1 aromatic carbocycles. The quantitative estimate of drug-likeness (QED) is 0.567. The molecule has 5 nitrogen and oxygen atoms in total. The van der Waals surface area contributed by atoms with Crippen LogP contribution < -0.4 is 4.80 Å². The molecule has 0 saturated carbocycles. The highest BCUT2D eigenvalue weighted by Crippen LogP contribution is 2.20. The largest absolute Gasteiger partial charge is 0.462 e. The number of rotatable bonds is 7. The monoisotopic (exact) mass is 346 g/mol. The first-order valence-electron chi connectivity index (χ1n) is 8.09. The topological polar surface area (TPSA) is 60.7 Å². The zero-order chi connectivity index (χ0) is 17.5. The van der Waals surface area contributed by atoms with Gasteiger partial charge in [-0.1, -0.05) is 30.8 Å². The number of benzene rings is 1. The molecule has 1 amide bonds. The second-order valence-corrected chi connectivity index (χ2v) is 6.31. The summed E-state index contributed by atoms with van der Waals surface area (Å²) in [5.41, 5.74) is 1.43. The Kier molecular flexibility index (Phi) is 6.49. The van der Waals surface area contributed by atoms with Crippen molar-refractivity contribution in [2.75, 3.05) is 6.61 Å². The van der Waals surface area contributed by atoms with E-state index in [9.17, 15) is 9.59 Å². The van der Waals surface area contributed by atoms with Crippen LogP contribution in [0.2, 0.25) is 0 Å². The van der Waals surface area contributed by atoms with Crippen LogP contribution in [0.25, 0.3) is 10.2 Å². The van der Waals surface area contributed by atoms with Gasteiger partial charge in [-0.15, -0.1) is 6.58 Å². The van der Waals surface area contributed by atoms with Crippen LogP contribution in [0.1, 0.15) is 43.5 Å². The number of amides is 1. The number of allylic oxidation sites excluding steroid dienone is 1. The molecule has 0 saturated heterocycles. The van der Waals surface area contributed by atoms with Crippen LogP contribution in [-0.4, -0.2) is 23.1 Å². The van der Waals surface area contributed by atoms with E-state index in [1.165, 1.54) is 11.3 Å². The summed E-state index contributed by atoms with van der Waals surface area (Å²) in [6.07, 6.45) is 4.01. The Balaban J connectivity index is 2.48. The fourth-order valence-corrected chi connectivity index (χ4v) is 3.39. The van der Waals surface area contributed by atoms with Gasteiger partial charge in [0.1, 0.15) is 0 Å². The van der Waals surface area contributed by atoms with Gasteiger partial charge in [0.2, 0.25) is 5.91 Å². The van der Waals surface area contributed by atoms with Crippen LogP contribution in [0.4, 0.5) is 0 Å². The molecule has 0 aliphatic carbocycles. The van der Waals surface area contributed by atoms with Crippen molar-refractivity contribution >= 4 is 33.4 Å². The van der Waals surface area contributed by atoms with E-state index in [4.69, 9.17) is 4.74 Å². The highest BCUT2D eigenvalue weighted by molar-refractivity contribution is 7.16. The number of carbonyl (C=O) groups excluding carboxylic acids is 2. The molecule has 1 heterocycles. The number of nitrogens with zero attached hydrogens (tertiary/aromatic N) is 2. The number of esters is 1. The minimum absolute atomic E-state index is 0.119. The molecule has 0 aliphatic heterocycles. The van der Waals surface area contributed by atoms with Crippen molar-refractivity contribution in [1.29, 1.82) is 0 Å². The van der Waals surface area contributed by atoms with Crippen molar-refractivity contribution in [2.24, 2.45) is 4.99 Å². The summed E-state index contributed by atoms with van der Waals surface area (Å²) < 4.78 is 7.86. The van der Waals surface area contributed by atoms with Gasteiger partial charge in [-0.3, -0.25) is 4.79 Å². The summed E-state index contributed by atoms with van der Waals surface area (Å²) in [6.45, 7) is 8.48. The summed E-state index contributed by atoms with van der Waals surface area (Å²) >= 11 is 1.40. The van der Waals surface area contributed by atoms with Gasteiger partial charge in [0, 0.05) is 13.0 Å². The summed E-state index contributed by atoms with van der Waals surface area (Å²) in [6, 6.07) is 5.37. The first kappa shape index (κ1) is 18.1. The van der Waals surface area contributed by atoms with Gasteiger partial charge < -0.3 is 9.30 Å². The molecular formula is C18H22N2O3S. The Labute approximate surface area is 145 Å². The van der Waals surface area contributed by atoms with Gasteiger partial charge in [0.15, 0.2) is 4.80 Å². The molecule has 0 unspecified atom stereocenters. The van der Waals surface area contributed by atoms with Gasteiger partial charge in [-0.05, 0) is 31.5 Å². The number of hydrogen-bond acceptors (Lipinski definition) is 4.